The first-order valence-electron chi connectivity index (χ1n) is 12.3. The predicted octanol–water partition coefficient (Wildman–Crippen LogP) is 0.218. The van der Waals surface area contributed by atoms with E-state index in [9.17, 15) is 34.2 Å². The van der Waals surface area contributed by atoms with Crippen LogP contribution in [-0.2, 0) is 30.4 Å². The molecule has 0 bridgehead atoms. The van der Waals surface area contributed by atoms with Crippen LogP contribution in [0.3, 0.4) is 0 Å². The van der Waals surface area contributed by atoms with Crippen molar-refractivity contribution in [1.29, 1.82) is 0 Å². The standard InChI is InChI=1S/C25H36N4O8/c1-3-14(2)21(28-22(33)17(26)13-15-6-8-16(30)9-7-15)23(34)27-18(10-11-20(31)32)24(35)29-12-4-5-19(29)25(36)37/h6-9,14,17-19,21,30H,3-5,10-13,26H2,1-2H3,(H,27,34)(H,28,33)(H,31,32)(H,36,37). The Balaban J connectivity index is 2.16. The maximum atomic E-state index is 13.3. The van der Waals surface area contributed by atoms with Gasteiger partial charge in [0.1, 0.15) is 23.9 Å². The van der Waals surface area contributed by atoms with Crippen LogP contribution in [0.2, 0.25) is 0 Å². The lowest BCUT2D eigenvalue weighted by molar-refractivity contribution is -0.150. The molecule has 1 aliphatic rings. The van der Waals surface area contributed by atoms with Crippen LogP contribution in [0.5, 0.6) is 5.75 Å². The number of carbonyl (C=O) groups excluding carboxylic acids is 3. The molecule has 3 amide bonds. The normalized spacial score (nSPS) is 18.4. The Morgan fingerprint density at radius 1 is 1.08 bits per heavy atom. The summed E-state index contributed by atoms with van der Waals surface area (Å²) in [6.45, 7) is 3.75. The number of carbonyl (C=O) groups is 5. The molecule has 0 saturated carbocycles. The molecule has 2 rings (SSSR count). The van der Waals surface area contributed by atoms with Gasteiger partial charge in [0.2, 0.25) is 17.7 Å². The van der Waals surface area contributed by atoms with Gasteiger partial charge < -0.3 is 36.6 Å². The maximum Gasteiger partial charge on any atom is 0.326 e. The van der Waals surface area contributed by atoms with Crippen molar-refractivity contribution < 1.29 is 39.3 Å². The number of phenols is 1. The summed E-state index contributed by atoms with van der Waals surface area (Å²) < 4.78 is 0. The number of phenolic OH excluding ortho intramolecular Hbond substituents is 1. The molecule has 1 aromatic carbocycles. The van der Waals surface area contributed by atoms with E-state index in [2.05, 4.69) is 10.6 Å². The Kier molecular flexibility index (Phi) is 10.9. The fraction of sp³-hybridized carbons (Fsp3) is 0.560. The molecule has 5 unspecified atom stereocenters. The topological polar surface area (TPSA) is 199 Å². The lowest BCUT2D eigenvalue weighted by Gasteiger charge is -2.30. The van der Waals surface area contributed by atoms with E-state index in [1.54, 1.807) is 19.1 Å². The first kappa shape index (κ1) is 29.6. The highest BCUT2D eigenvalue weighted by atomic mass is 16.4. The van der Waals surface area contributed by atoms with Gasteiger partial charge >= 0.3 is 11.9 Å². The molecule has 1 aliphatic heterocycles. The van der Waals surface area contributed by atoms with Crippen LogP contribution in [0, 0.1) is 5.92 Å². The molecular weight excluding hydrogens is 484 g/mol. The Hall–Kier alpha value is -3.67. The number of nitrogens with two attached hydrogens (primary N) is 1. The Morgan fingerprint density at radius 2 is 1.73 bits per heavy atom. The van der Waals surface area contributed by atoms with E-state index < -0.39 is 60.2 Å². The van der Waals surface area contributed by atoms with Gasteiger partial charge in [-0.15, -0.1) is 0 Å². The highest BCUT2D eigenvalue weighted by Crippen LogP contribution is 2.20. The molecule has 5 atom stereocenters. The van der Waals surface area contributed by atoms with Gasteiger partial charge in [0.15, 0.2) is 0 Å². The average Bonchev–Trinajstić information content (AvgIpc) is 3.35. The molecule has 0 aromatic heterocycles. The summed E-state index contributed by atoms with van der Waals surface area (Å²) in [5.41, 5.74) is 6.76. The SMILES string of the molecule is CCC(C)C(NC(=O)C(N)Cc1ccc(O)cc1)C(=O)NC(CCC(=O)O)C(=O)N1CCCC1C(=O)O. The zero-order valence-electron chi connectivity index (χ0n) is 21.1. The Morgan fingerprint density at radius 3 is 2.30 bits per heavy atom. The fourth-order valence-electron chi connectivity index (χ4n) is 4.21. The molecule has 12 nitrogen and oxygen atoms in total. The van der Waals surface area contributed by atoms with E-state index in [0.29, 0.717) is 18.4 Å². The fourth-order valence-corrected chi connectivity index (χ4v) is 4.21. The maximum absolute atomic E-state index is 13.3. The first-order chi connectivity index (χ1) is 17.4. The number of nitrogens with zero attached hydrogens (tertiary/aromatic N) is 1. The van der Waals surface area contributed by atoms with E-state index in [1.807, 2.05) is 6.92 Å². The molecule has 1 fully saturated rings. The summed E-state index contributed by atoms with van der Waals surface area (Å²) in [4.78, 5) is 63.1. The smallest absolute Gasteiger partial charge is 0.326 e. The number of likely N-dealkylation sites (tertiary alicyclic amines) is 1. The average molecular weight is 521 g/mol. The minimum Gasteiger partial charge on any atom is -0.508 e. The summed E-state index contributed by atoms with van der Waals surface area (Å²) in [5.74, 6) is -4.55. The van der Waals surface area contributed by atoms with E-state index in [-0.39, 0.29) is 37.5 Å². The molecule has 7 N–H and O–H groups in total. The number of nitrogens with one attached hydrogen (secondary N) is 2. The number of aliphatic carboxylic acids is 2. The van der Waals surface area contributed by atoms with E-state index in [4.69, 9.17) is 10.8 Å². The van der Waals surface area contributed by atoms with Crippen molar-refractivity contribution >= 4 is 29.7 Å². The molecule has 0 radical (unpaired) electrons. The summed E-state index contributed by atoms with van der Waals surface area (Å²) in [6.07, 6.45) is 0.765. The third-order valence-electron chi connectivity index (χ3n) is 6.60. The third-order valence-corrected chi connectivity index (χ3v) is 6.60. The highest BCUT2D eigenvalue weighted by Gasteiger charge is 2.39. The van der Waals surface area contributed by atoms with Crippen LogP contribution in [-0.4, -0.2) is 80.6 Å². The lowest BCUT2D eigenvalue weighted by atomic mass is 9.96. The second-order valence-electron chi connectivity index (χ2n) is 9.37. The molecule has 0 aliphatic carbocycles. The molecule has 12 heteroatoms. The molecule has 37 heavy (non-hydrogen) atoms. The summed E-state index contributed by atoms with van der Waals surface area (Å²) in [7, 11) is 0. The molecule has 1 heterocycles. The number of carboxylic acids is 2. The van der Waals surface area contributed by atoms with Crippen molar-refractivity contribution in [3.63, 3.8) is 0 Å². The zero-order valence-corrected chi connectivity index (χ0v) is 21.1. The van der Waals surface area contributed by atoms with Crippen molar-refractivity contribution in [2.24, 2.45) is 11.7 Å². The van der Waals surface area contributed by atoms with Crippen molar-refractivity contribution in [3.05, 3.63) is 29.8 Å². The van der Waals surface area contributed by atoms with Gasteiger partial charge in [-0.3, -0.25) is 19.2 Å². The van der Waals surface area contributed by atoms with Crippen LogP contribution in [0.15, 0.2) is 24.3 Å². The number of hydrogen-bond donors (Lipinski definition) is 6. The lowest BCUT2D eigenvalue weighted by Crippen LogP contribution is -2.58. The van der Waals surface area contributed by atoms with Crippen LogP contribution in [0.25, 0.3) is 0 Å². The number of amides is 3. The monoisotopic (exact) mass is 520 g/mol. The molecule has 0 spiro atoms. The van der Waals surface area contributed by atoms with Crippen molar-refractivity contribution in [3.8, 4) is 5.75 Å². The zero-order chi connectivity index (χ0) is 27.7. The van der Waals surface area contributed by atoms with Gasteiger partial charge in [-0.2, -0.15) is 0 Å². The Labute approximate surface area is 215 Å². The van der Waals surface area contributed by atoms with Gasteiger partial charge in [0, 0.05) is 13.0 Å². The predicted molar refractivity (Wildman–Crippen MR) is 132 cm³/mol. The number of hydrogen-bond acceptors (Lipinski definition) is 7. The molecule has 204 valence electrons. The summed E-state index contributed by atoms with van der Waals surface area (Å²) >= 11 is 0. The van der Waals surface area contributed by atoms with Gasteiger partial charge in [0.05, 0.1) is 6.04 Å². The number of aromatic hydroxyl groups is 1. The first-order valence-corrected chi connectivity index (χ1v) is 12.3. The highest BCUT2D eigenvalue weighted by molar-refractivity contribution is 5.94. The minimum absolute atomic E-state index is 0.0749. The number of rotatable bonds is 13. The molecule has 1 aromatic rings. The van der Waals surface area contributed by atoms with E-state index in [0.717, 1.165) is 4.90 Å². The molecular formula is C25H36N4O8. The number of benzene rings is 1. The van der Waals surface area contributed by atoms with Crippen molar-refractivity contribution in [2.45, 2.75) is 76.5 Å². The van der Waals surface area contributed by atoms with Crippen LogP contribution >= 0.6 is 0 Å². The second kappa shape index (κ2) is 13.6. The van der Waals surface area contributed by atoms with Crippen molar-refractivity contribution in [2.75, 3.05) is 6.54 Å². The number of carboxylic acid groups (broad SMARTS) is 2. The van der Waals surface area contributed by atoms with Gasteiger partial charge in [0.25, 0.3) is 0 Å². The minimum atomic E-state index is -1.27. The molecule has 1 saturated heterocycles. The second-order valence-corrected chi connectivity index (χ2v) is 9.37. The quantitative estimate of drug-likeness (QED) is 0.210. The van der Waals surface area contributed by atoms with E-state index in [1.165, 1.54) is 12.1 Å². The largest absolute Gasteiger partial charge is 0.508 e. The van der Waals surface area contributed by atoms with Crippen LogP contribution in [0.4, 0.5) is 0 Å². The van der Waals surface area contributed by atoms with Crippen molar-refractivity contribution in [1.82, 2.24) is 15.5 Å². The third kappa shape index (κ3) is 8.45. The van der Waals surface area contributed by atoms with Crippen LogP contribution in [0.1, 0.15) is 51.5 Å². The Bertz CT molecular complexity index is 983. The van der Waals surface area contributed by atoms with Gasteiger partial charge in [-0.1, -0.05) is 32.4 Å². The van der Waals surface area contributed by atoms with E-state index >= 15 is 0 Å². The summed E-state index contributed by atoms with van der Waals surface area (Å²) in [5, 5.41) is 33.2. The van der Waals surface area contributed by atoms with Gasteiger partial charge in [-0.25, -0.2) is 4.79 Å². The van der Waals surface area contributed by atoms with Crippen LogP contribution < -0.4 is 16.4 Å². The van der Waals surface area contributed by atoms with Gasteiger partial charge in [-0.05, 0) is 49.3 Å². The summed E-state index contributed by atoms with van der Waals surface area (Å²) in [6, 6.07) is 1.84.